The maximum Gasteiger partial charge on any atom is 0.349 e. The van der Waals surface area contributed by atoms with E-state index in [0.29, 0.717) is 22.5 Å². The molecule has 0 saturated carbocycles. The lowest BCUT2D eigenvalue weighted by molar-refractivity contribution is 0.102. The number of carbonyl (C=O) groups is 1. The Morgan fingerprint density at radius 2 is 1.81 bits per heavy atom. The van der Waals surface area contributed by atoms with Crippen LogP contribution in [0, 0.1) is 0 Å². The second-order valence-corrected chi connectivity index (χ2v) is 6.66. The van der Waals surface area contributed by atoms with Crippen LogP contribution in [-0.4, -0.2) is 16.1 Å². The first-order valence-electron chi connectivity index (χ1n) is 7.89. The fraction of sp³-hybridized carbons (Fsp3) is 0.0526. The first-order chi connectivity index (χ1) is 12.7. The van der Waals surface area contributed by atoms with Gasteiger partial charge in [0, 0.05) is 11.8 Å². The Hall–Kier alpha value is -3.32. The molecule has 0 atom stereocenters. The van der Waals surface area contributed by atoms with E-state index >= 15 is 0 Å². The zero-order valence-electron chi connectivity index (χ0n) is 13.5. The molecule has 0 bridgehead atoms. The van der Waals surface area contributed by atoms with Gasteiger partial charge in [0.1, 0.15) is 16.2 Å². The molecule has 0 saturated heterocycles. The van der Waals surface area contributed by atoms with Crippen LogP contribution in [0.3, 0.4) is 0 Å². The summed E-state index contributed by atoms with van der Waals surface area (Å²) in [7, 11) is 0. The molecule has 2 aromatic heterocycles. The summed E-state index contributed by atoms with van der Waals surface area (Å²) in [5, 5.41) is 12.5. The van der Waals surface area contributed by atoms with Crippen molar-refractivity contribution in [1.82, 2.24) is 10.2 Å². The third kappa shape index (κ3) is 3.38. The van der Waals surface area contributed by atoms with Crippen LogP contribution in [0.5, 0.6) is 0 Å². The van der Waals surface area contributed by atoms with E-state index in [4.69, 9.17) is 4.42 Å². The summed E-state index contributed by atoms with van der Waals surface area (Å²) in [4.78, 5) is 24.5. The molecule has 128 valence electrons. The SMILES string of the molecule is O=C(Nc1nnc(Cc2ccccc2)s1)c1cc2ccccc2oc1=O. The highest BCUT2D eigenvalue weighted by Crippen LogP contribution is 2.19. The summed E-state index contributed by atoms with van der Waals surface area (Å²) >= 11 is 1.27. The number of benzene rings is 2. The minimum Gasteiger partial charge on any atom is -0.422 e. The summed E-state index contributed by atoms with van der Waals surface area (Å²) in [6.07, 6.45) is 0.631. The number of nitrogens with zero attached hydrogens (tertiary/aromatic N) is 2. The fourth-order valence-corrected chi connectivity index (χ4v) is 3.30. The monoisotopic (exact) mass is 363 g/mol. The third-order valence-corrected chi connectivity index (χ3v) is 4.61. The molecule has 0 aliphatic carbocycles. The Balaban J connectivity index is 1.53. The van der Waals surface area contributed by atoms with Gasteiger partial charge in [-0.1, -0.05) is 59.9 Å². The van der Waals surface area contributed by atoms with Crippen LogP contribution in [0.15, 0.2) is 69.9 Å². The Kier molecular flexibility index (Phi) is 4.28. The first kappa shape index (κ1) is 16.2. The highest BCUT2D eigenvalue weighted by molar-refractivity contribution is 7.15. The number of aromatic nitrogens is 2. The van der Waals surface area contributed by atoms with Crippen LogP contribution < -0.4 is 10.9 Å². The number of hydrogen-bond donors (Lipinski definition) is 1. The second-order valence-electron chi connectivity index (χ2n) is 5.60. The number of hydrogen-bond acceptors (Lipinski definition) is 6. The highest BCUT2D eigenvalue weighted by atomic mass is 32.1. The van der Waals surface area contributed by atoms with Crippen molar-refractivity contribution >= 4 is 33.3 Å². The van der Waals surface area contributed by atoms with Gasteiger partial charge in [-0.05, 0) is 17.7 Å². The molecule has 0 radical (unpaired) electrons. The van der Waals surface area contributed by atoms with Crippen LogP contribution >= 0.6 is 11.3 Å². The van der Waals surface area contributed by atoms with Crippen LogP contribution in [0.1, 0.15) is 20.9 Å². The summed E-state index contributed by atoms with van der Waals surface area (Å²) in [6, 6.07) is 18.4. The zero-order valence-corrected chi connectivity index (χ0v) is 14.3. The van der Waals surface area contributed by atoms with Gasteiger partial charge in [0.15, 0.2) is 0 Å². The largest absolute Gasteiger partial charge is 0.422 e. The van der Waals surface area contributed by atoms with Gasteiger partial charge in [-0.15, -0.1) is 10.2 Å². The molecule has 2 aromatic carbocycles. The van der Waals surface area contributed by atoms with Gasteiger partial charge >= 0.3 is 5.63 Å². The third-order valence-electron chi connectivity index (χ3n) is 3.77. The number of amides is 1. The molecule has 4 aromatic rings. The van der Waals surface area contributed by atoms with Crippen LogP contribution in [0.4, 0.5) is 5.13 Å². The zero-order chi connectivity index (χ0) is 17.9. The van der Waals surface area contributed by atoms with E-state index in [2.05, 4.69) is 15.5 Å². The molecule has 6 nitrogen and oxygen atoms in total. The van der Waals surface area contributed by atoms with E-state index in [-0.39, 0.29) is 5.56 Å². The summed E-state index contributed by atoms with van der Waals surface area (Å²) in [5.41, 5.74) is 0.797. The van der Waals surface area contributed by atoms with E-state index < -0.39 is 11.5 Å². The van der Waals surface area contributed by atoms with E-state index in [1.54, 1.807) is 18.2 Å². The predicted octanol–water partition coefficient (Wildman–Crippen LogP) is 3.49. The highest BCUT2D eigenvalue weighted by Gasteiger charge is 2.16. The molecule has 0 aliphatic heterocycles. The molecule has 4 rings (SSSR count). The minimum atomic E-state index is -0.685. The average molecular weight is 363 g/mol. The van der Waals surface area contributed by atoms with Gasteiger partial charge in [0.2, 0.25) is 5.13 Å². The molecule has 0 unspecified atom stereocenters. The molecule has 26 heavy (non-hydrogen) atoms. The van der Waals surface area contributed by atoms with Crippen LogP contribution in [0.2, 0.25) is 0 Å². The normalized spacial score (nSPS) is 10.8. The average Bonchev–Trinajstić information content (AvgIpc) is 3.08. The lowest BCUT2D eigenvalue weighted by Gasteiger charge is -2.01. The Morgan fingerprint density at radius 1 is 1.04 bits per heavy atom. The smallest absolute Gasteiger partial charge is 0.349 e. The van der Waals surface area contributed by atoms with Crippen molar-refractivity contribution in [3.63, 3.8) is 0 Å². The number of fused-ring (bicyclic) bond motifs is 1. The number of rotatable bonds is 4. The summed E-state index contributed by atoms with van der Waals surface area (Å²) in [5.74, 6) is -0.563. The van der Waals surface area contributed by atoms with E-state index in [0.717, 1.165) is 10.6 Å². The van der Waals surface area contributed by atoms with Crippen molar-refractivity contribution in [1.29, 1.82) is 0 Å². The van der Waals surface area contributed by atoms with Gasteiger partial charge in [-0.25, -0.2) is 4.79 Å². The van der Waals surface area contributed by atoms with Crippen molar-refractivity contribution in [3.05, 3.63) is 87.2 Å². The van der Waals surface area contributed by atoms with Gasteiger partial charge in [-0.2, -0.15) is 0 Å². The number of nitrogens with one attached hydrogen (secondary N) is 1. The first-order valence-corrected chi connectivity index (χ1v) is 8.71. The van der Waals surface area contributed by atoms with Gasteiger partial charge < -0.3 is 4.42 Å². The van der Waals surface area contributed by atoms with Crippen molar-refractivity contribution in [2.75, 3.05) is 5.32 Å². The molecule has 0 spiro atoms. The molecular weight excluding hydrogens is 350 g/mol. The summed E-state index contributed by atoms with van der Waals surface area (Å²) in [6.45, 7) is 0. The standard InChI is InChI=1S/C19H13N3O3S/c23-17(14-11-13-8-4-5-9-15(13)25-18(14)24)20-19-22-21-16(26-19)10-12-6-2-1-3-7-12/h1-9,11H,10H2,(H,20,22,23). The van der Waals surface area contributed by atoms with Gasteiger partial charge in [0.05, 0.1) is 0 Å². The van der Waals surface area contributed by atoms with Gasteiger partial charge in [0.25, 0.3) is 5.91 Å². The number of carbonyl (C=O) groups excluding carboxylic acids is 1. The van der Waals surface area contributed by atoms with Crippen molar-refractivity contribution < 1.29 is 9.21 Å². The number of para-hydroxylation sites is 1. The van der Waals surface area contributed by atoms with Crippen molar-refractivity contribution in [2.24, 2.45) is 0 Å². The number of anilines is 1. The Bertz CT molecular complexity index is 1140. The van der Waals surface area contributed by atoms with Crippen LogP contribution in [0.25, 0.3) is 11.0 Å². The minimum absolute atomic E-state index is 0.0662. The second kappa shape index (κ2) is 6.89. The summed E-state index contributed by atoms with van der Waals surface area (Å²) < 4.78 is 5.19. The fourth-order valence-electron chi connectivity index (χ4n) is 2.53. The lowest BCUT2D eigenvalue weighted by atomic mass is 10.2. The Morgan fingerprint density at radius 3 is 2.65 bits per heavy atom. The van der Waals surface area contributed by atoms with Crippen molar-refractivity contribution in [2.45, 2.75) is 6.42 Å². The predicted molar refractivity (Wildman–Crippen MR) is 99.6 cm³/mol. The van der Waals surface area contributed by atoms with Crippen LogP contribution in [-0.2, 0) is 6.42 Å². The molecule has 2 heterocycles. The lowest BCUT2D eigenvalue weighted by Crippen LogP contribution is -2.20. The topological polar surface area (TPSA) is 85.1 Å². The molecule has 0 aliphatic rings. The molecule has 1 amide bonds. The maximum atomic E-state index is 12.4. The molecular formula is C19H13N3O3S. The molecule has 7 heteroatoms. The quantitative estimate of drug-likeness (QED) is 0.561. The van der Waals surface area contributed by atoms with Gasteiger partial charge in [-0.3, -0.25) is 10.1 Å². The van der Waals surface area contributed by atoms with Crippen molar-refractivity contribution in [3.8, 4) is 0 Å². The molecule has 1 N–H and O–H groups in total. The maximum absolute atomic E-state index is 12.4. The Labute approximate surface area is 152 Å². The van der Waals surface area contributed by atoms with E-state index in [1.807, 2.05) is 36.4 Å². The molecule has 0 fully saturated rings. The van der Waals surface area contributed by atoms with E-state index in [1.165, 1.54) is 17.4 Å². The van der Waals surface area contributed by atoms with E-state index in [9.17, 15) is 9.59 Å².